The fraction of sp³-hybridized carbons (Fsp3) is 0.857. The van der Waals surface area contributed by atoms with Gasteiger partial charge in [0, 0.05) is 0 Å². The van der Waals surface area contributed by atoms with E-state index in [-0.39, 0.29) is 0 Å². The molecule has 1 radical (unpaired) electrons. The molecule has 0 amide bonds. The highest BCUT2D eigenvalue weighted by atomic mass is 16.6. The topological polar surface area (TPSA) is 314 Å². The Hall–Kier alpha value is -1.62. The Morgan fingerprint density at radius 1 is 0.769 bits per heavy atom. The molecule has 225 valence electrons. The largest absolute Gasteiger partial charge is 0.481 e. The number of carboxylic acids is 1. The smallest absolute Gasteiger partial charge is 0.317 e. The highest BCUT2D eigenvalue weighted by Crippen LogP contribution is 2.44. The molecule has 0 bridgehead atoms. The summed E-state index contributed by atoms with van der Waals surface area (Å²) in [7, 11) is 0. The highest BCUT2D eigenvalue weighted by Gasteiger charge is 2.67. The van der Waals surface area contributed by atoms with Crippen LogP contribution in [0.25, 0.3) is 0 Å². The lowest BCUT2D eigenvalue weighted by atomic mass is 9.71. The molecule has 3 rings (SSSR count). The van der Waals surface area contributed by atoms with Crippen LogP contribution < -0.4 is 0 Å². The van der Waals surface area contributed by atoms with Gasteiger partial charge in [0.2, 0.25) is 0 Å². The standard InChI is InChI=1S/C21H33O18/c22-2-5-10(27)12(29)14(31)16(37-5)17-19(34)21(35,20-15(32)13(30)11(28)6(3-23)39-20)18(33)7(38-17)4-36-9(26)1-8(24)25/h5-7,10-17,19-20,22-23,27-35H,1-4H2,(H,24,25)/t5-,6-,7-,10-,11-,12+,13+,14-,15-,16?,17?,19+,20?,21+/m1/s1. The van der Waals surface area contributed by atoms with E-state index in [2.05, 4.69) is 0 Å². The molecule has 3 aliphatic rings. The van der Waals surface area contributed by atoms with Crippen molar-refractivity contribution in [3.05, 3.63) is 6.10 Å². The molecule has 18 nitrogen and oxygen atoms in total. The Labute approximate surface area is 219 Å². The van der Waals surface area contributed by atoms with Crippen molar-refractivity contribution in [2.75, 3.05) is 19.8 Å². The molecule has 3 fully saturated rings. The van der Waals surface area contributed by atoms with Gasteiger partial charge in [-0.25, -0.2) is 0 Å². The van der Waals surface area contributed by atoms with Crippen LogP contribution in [-0.2, 0) is 28.5 Å². The molecule has 0 aromatic carbocycles. The van der Waals surface area contributed by atoms with Crippen molar-refractivity contribution in [2.45, 2.75) is 91.4 Å². The van der Waals surface area contributed by atoms with Crippen LogP contribution in [0.15, 0.2) is 0 Å². The third kappa shape index (κ3) is 5.90. The maximum atomic E-state index is 11.8. The molecule has 39 heavy (non-hydrogen) atoms. The SMILES string of the molecule is O=C(O)CC(=O)OC[C@H]1OC(C2O[C@H](CO)[C@@H](O)[C@H](O)[C@H]2O)[C@H](O)[C@](O)(C2O[C@H](CO)[C@@H](O)[C@H](O)[C@H]2O)[C]1O. The van der Waals surface area contributed by atoms with Crippen molar-refractivity contribution in [3.63, 3.8) is 0 Å². The second-order valence-corrected chi connectivity index (χ2v) is 9.54. The number of carbonyl (C=O) groups is 2. The quantitative estimate of drug-likeness (QED) is 0.0947. The van der Waals surface area contributed by atoms with Gasteiger partial charge >= 0.3 is 11.9 Å². The van der Waals surface area contributed by atoms with Crippen molar-refractivity contribution < 1.29 is 89.8 Å². The number of hydrogen-bond donors (Lipinski definition) is 12. The number of aliphatic hydroxyl groups excluding tert-OH is 10. The van der Waals surface area contributed by atoms with E-state index in [1.54, 1.807) is 0 Å². The highest BCUT2D eigenvalue weighted by molar-refractivity contribution is 5.90. The van der Waals surface area contributed by atoms with Crippen molar-refractivity contribution in [1.29, 1.82) is 0 Å². The molecule has 12 N–H and O–H groups in total. The predicted molar refractivity (Wildman–Crippen MR) is 116 cm³/mol. The van der Waals surface area contributed by atoms with Crippen molar-refractivity contribution in [2.24, 2.45) is 0 Å². The van der Waals surface area contributed by atoms with Crippen LogP contribution in [-0.4, -0.2) is 178 Å². The van der Waals surface area contributed by atoms with Crippen LogP contribution in [0.4, 0.5) is 0 Å². The van der Waals surface area contributed by atoms with Crippen molar-refractivity contribution >= 4 is 11.9 Å². The van der Waals surface area contributed by atoms with Crippen LogP contribution in [0, 0.1) is 6.10 Å². The van der Waals surface area contributed by atoms with E-state index >= 15 is 0 Å². The average Bonchev–Trinajstić information content (AvgIpc) is 2.89. The first kappa shape index (κ1) is 31.9. The minimum absolute atomic E-state index is 0.894. The first-order valence-electron chi connectivity index (χ1n) is 11.8. The van der Waals surface area contributed by atoms with Gasteiger partial charge in [0.05, 0.1) is 13.2 Å². The van der Waals surface area contributed by atoms with Gasteiger partial charge < -0.3 is 80.2 Å². The maximum Gasteiger partial charge on any atom is 0.317 e. The molecule has 0 spiro atoms. The van der Waals surface area contributed by atoms with E-state index < -0.39 is 129 Å². The summed E-state index contributed by atoms with van der Waals surface area (Å²) >= 11 is 0. The van der Waals surface area contributed by atoms with Crippen LogP contribution >= 0.6 is 0 Å². The van der Waals surface area contributed by atoms with Gasteiger partial charge in [0.15, 0.2) is 11.7 Å². The minimum atomic E-state index is -3.19. The Bertz CT molecular complexity index is 855. The fourth-order valence-electron chi connectivity index (χ4n) is 4.89. The predicted octanol–water partition coefficient (Wildman–Crippen LogP) is -7.55. The van der Waals surface area contributed by atoms with Crippen LogP contribution in [0.2, 0.25) is 0 Å². The van der Waals surface area contributed by atoms with Gasteiger partial charge in [0.1, 0.15) is 92.4 Å². The monoisotopic (exact) mass is 573 g/mol. The summed E-state index contributed by atoms with van der Waals surface area (Å²) in [4.78, 5) is 22.5. The first-order chi connectivity index (χ1) is 18.2. The second kappa shape index (κ2) is 12.5. The van der Waals surface area contributed by atoms with Gasteiger partial charge in [0.25, 0.3) is 0 Å². The summed E-state index contributed by atoms with van der Waals surface area (Å²) in [6.07, 6.45) is -28.2. The van der Waals surface area contributed by atoms with Crippen LogP contribution in [0.1, 0.15) is 6.42 Å². The number of rotatable bonds is 8. The van der Waals surface area contributed by atoms with E-state index in [9.17, 15) is 65.8 Å². The molecule has 3 aliphatic heterocycles. The fourth-order valence-corrected chi connectivity index (χ4v) is 4.89. The molecule has 3 saturated heterocycles. The number of esters is 1. The summed E-state index contributed by atoms with van der Waals surface area (Å²) in [5.41, 5.74) is -3.19. The van der Waals surface area contributed by atoms with Crippen LogP contribution in [0.3, 0.4) is 0 Å². The van der Waals surface area contributed by atoms with Crippen molar-refractivity contribution in [1.82, 2.24) is 0 Å². The minimum Gasteiger partial charge on any atom is -0.481 e. The summed E-state index contributed by atoms with van der Waals surface area (Å²) in [5, 5.41) is 123. The van der Waals surface area contributed by atoms with Crippen molar-refractivity contribution in [3.8, 4) is 0 Å². The van der Waals surface area contributed by atoms with E-state index in [1.807, 2.05) is 0 Å². The Balaban J connectivity index is 2.01. The zero-order valence-corrected chi connectivity index (χ0v) is 20.2. The average molecular weight is 573 g/mol. The maximum absolute atomic E-state index is 11.8. The molecule has 14 atom stereocenters. The lowest BCUT2D eigenvalue weighted by molar-refractivity contribution is -0.341. The lowest BCUT2D eigenvalue weighted by Gasteiger charge is -2.56. The number of aliphatic carboxylic acids is 1. The van der Waals surface area contributed by atoms with Gasteiger partial charge in [-0.2, -0.15) is 0 Å². The zero-order chi connectivity index (χ0) is 29.4. The molecular weight excluding hydrogens is 540 g/mol. The summed E-state index contributed by atoms with van der Waals surface area (Å²) in [5.74, 6) is -2.88. The van der Waals surface area contributed by atoms with Gasteiger partial charge in [-0.1, -0.05) is 0 Å². The Morgan fingerprint density at radius 3 is 1.85 bits per heavy atom. The second-order valence-electron chi connectivity index (χ2n) is 9.54. The summed E-state index contributed by atoms with van der Waals surface area (Å²) < 4.78 is 20.9. The normalized spacial score (nSPS) is 47.5. The van der Waals surface area contributed by atoms with Gasteiger partial charge in [-0.15, -0.1) is 0 Å². The third-order valence-corrected chi connectivity index (χ3v) is 7.07. The third-order valence-electron chi connectivity index (χ3n) is 7.07. The Morgan fingerprint density at radius 2 is 1.31 bits per heavy atom. The molecular formula is C21H33O18. The summed E-state index contributed by atoms with van der Waals surface area (Å²) in [6, 6.07) is 0. The molecule has 3 unspecified atom stereocenters. The molecule has 3 heterocycles. The molecule has 0 saturated carbocycles. The van der Waals surface area contributed by atoms with E-state index in [4.69, 9.17) is 24.1 Å². The molecule has 0 aromatic rings. The number of carboxylic acid groups (broad SMARTS) is 1. The molecule has 0 aromatic heterocycles. The van der Waals surface area contributed by atoms with Gasteiger partial charge in [-0.3, -0.25) is 9.59 Å². The number of carbonyl (C=O) groups excluding carboxylic acids is 1. The lowest BCUT2D eigenvalue weighted by Crippen LogP contribution is -2.77. The number of aliphatic hydroxyl groups is 11. The molecule has 0 aliphatic carbocycles. The number of hydrogen-bond acceptors (Lipinski definition) is 17. The van der Waals surface area contributed by atoms with E-state index in [1.165, 1.54) is 0 Å². The molecule has 18 heteroatoms. The zero-order valence-electron chi connectivity index (χ0n) is 20.2. The number of ether oxygens (including phenoxy) is 4. The van der Waals surface area contributed by atoms with E-state index in [0.717, 1.165) is 0 Å². The first-order valence-corrected chi connectivity index (χ1v) is 11.8. The van der Waals surface area contributed by atoms with E-state index in [0.29, 0.717) is 0 Å². The van der Waals surface area contributed by atoms with Crippen LogP contribution in [0.5, 0.6) is 0 Å². The van der Waals surface area contributed by atoms with Gasteiger partial charge in [-0.05, 0) is 0 Å². The summed E-state index contributed by atoms with van der Waals surface area (Å²) in [6.45, 7) is -2.87. The Kier molecular flexibility index (Phi) is 10.2.